The maximum Gasteiger partial charge on any atom is 0.245 e. The molecular formula is C9H22N2O2. The maximum atomic E-state index is 10.5. The molecule has 0 rings (SSSR count). The molecule has 0 radical (unpaired) electrons. The molecule has 0 aromatic carbocycles. The molecule has 80 valence electrons. The Morgan fingerprint density at radius 2 is 2.00 bits per heavy atom. The number of rotatable bonds is 5. The number of amides is 1. The molecule has 0 aliphatic carbocycles. The van der Waals surface area contributed by atoms with E-state index in [1.54, 1.807) is 0 Å². The summed E-state index contributed by atoms with van der Waals surface area (Å²) in [6, 6.07) is 0. The van der Waals surface area contributed by atoms with Gasteiger partial charge in [0.1, 0.15) is 6.61 Å². The van der Waals surface area contributed by atoms with Crippen LogP contribution in [-0.2, 0) is 4.79 Å². The number of likely N-dealkylation sites (N-methyl/N-ethyl adjacent to an activating group) is 1. The SMILES string of the molecule is CC.CCN(C)CCNC(=O)CO. The fourth-order valence-electron chi connectivity index (χ4n) is 0.600. The van der Waals surface area contributed by atoms with Gasteiger partial charge in [0, 0.05) is 13.1 Å². The molecule has 0 aliphatic rings. The first kappa shape index (κ1) is 14.9. The van der Waals surface area contributed by atoms with Gasteiger partial charge in [0.25, 0.3) is 0 Å². The quantitative estimate of drug-likeness (QED) is 0.645. The molecule has 0 aromatic heterocycles. The predicted octanol–water partition coefficient (Wildman–Crippen LogP) is 0.0728. The minimum atomic E-state index is -0.421. The van der Waals surface area contributed by atoms with Crippen molar-refractivity contribution < 1.29 is 9.90 Å². The van der Waals surface area contributed by atoms with Crippen molar-refractivity contribution in [3.63, 3.8) is 0 Å². The van der Waals surface area contributed by atoms with E-state index in [0.717, 1.165) is 13.1 Å². The van der Waals surface area contributed by atoms with Gasteiger partial charge in [0.15, 0.2) is 0 Å². The van der Waals surface area contributed by atoms with E-state index in [1.807, 2.05) is 27.8 Å². The van der Waals surface area contributed by atoms with Crippen molar-refractivity contribution in [3.8, 4) is 0 Å². The minimum absolute atomic E-state index is 0.311. The van der Waals surface area contributed by atoms with E-state index in [-0.39, 0.29) is 5.91 Å². The summed E-state index contributed by atoms with van der Waals surface area (Å²) in [5.74, 6) is -0.311. The summed E-state index contributed by atoms with van der Waals surface area (Å²) in [4.78, 5) is 12.6. The second-order valence-electron chi connectivity index (χ2n) is 2.40. The van der Waals surface area contributed by atoms with Crippen LogP contribution in [0.5, 0.6) is 0 Å². The Balaban J connectivity index is 0. The van der Waals surface area contributed by atoms with Gasteiger partial charge in [-0.15, -0.1) is 0 Å². The summed E-state index contributed by atoms with van der Waals surface area (Å²) in [6.07, 6.45) is 0. The molecule has 0 fully saturated rings. The number of aliphatic hydroxyl groups excluding tert-OH is 1. The first-order chi connectivity index (χ1) is 6.20. The number of nitrogens with one attached hydrogen (secondary N) is 1. The first-order valence-corrected chi connectivity index (χ1v) is 4.76. The molecule has 0 atom stereocenters. The smallest absolute Gasteiger partial charge is 0.245 e. The van der Waals surface area contributed by atoms with Crippen LogP contribution in [0.25, 0.3) is 0 Å². The van der Waals surface area contributed by atoms with E-state index in [1.165, 1.54) is 0 Å². The Morgan fingerprint density at radius 1 is 1.46 bits per heavy atom. The molecule has 0 aromatic rings. The van der Waals surface area contributed by atoms with E-state index in [4.69, 9.17) is 5.11 Å². The second-order valence-corrected chi connectivity index (χ2v) is 2.40. The lowest BCUT2D eigenvalue weighted by Crippen LogP contribution is -2.34. The summed E-state index contributed by atoms with van der Waals surface area (Å²) in [6.45, 7) is 8.02. The standard InChI is InChI=1S/C7H16N2O2.C2H6/c1-3-9(2)5-4-8-7(11)6-10;1-2/h10H,3-6H2,1-2H3,(H,8,11);1-2H3. The van der Waals surface area contributed by atoms with Gasteiger partial charge in [0.05, 0.1) is 0 Å². The molecular weight excluding hydrogens is 168 g/mol. The van der Waals surface area contributed by atoms with Crippen molar-refractivity contribution >= 4 is 5.91 Å². The molecule has 13 heavy (non-hydrogen) atoms. The van der Waals surface area contributed by atoms with Crippen LogP contribution < -0.4 is 5.32 Å². The van der Waals surface area contributed by atoms with Crippen molar-refractivity contribution in [2.45, 2.75) is 20.8 Å². The molecule has 0 bridgehead atoms. The number of hydrogen-bond acceptors (Lipinski definition) is 3. The number of aliphatic hydroxyl groups is 1. The number of nitrogens with zero attached hydrogens (tertiary/aromatic N) is 1. The zero-order valence-corrected chi connectivity index (χ0v) is 9.13. The Morgan fingerprint density at radius 3 is 2.38 bits per heavy atom. The van der Waals surface area contributed by atoms with Crippen LogP contribution in [0.2, 0.25) is 0 Å². The van der Waals surface area contributed by atoms with Crippen LogP contribution in [0.3, 0.4) is 0 Å². The van der Waals surface area contributed by atoms with Gasteiger partial charge in [-0.05, 0) is 13.6 Å². The third kappa shape index (κ3) is 11.4. The van der Waals surface area contributed by atoms with Gasteiger partial charge in [-0.25, -0.2) is 0 Å². The molecule has 0 spiro atoms. The van der Waals surface area contributed by atoms with E-state index in [9.17, 15) is 4.79 Å². The molecule has 0 aliphatic heterocycles. The van der Waals surface area contributed by atoms with Crippen molar-refractivity contribution in [2.75, 3.05) is 33.3 Å². The van der Waals surface area contributed by atoms with Crippen molar-refractivity contribution in [1.82, 2.24) is 10.2 Å². The number of hydrogen-bond donors (Lipinski definition) is 2. The van der Waals surface area contributed by atoms with Gasteiger partial charge in [-0.2, -0.15) is 0 Å². The molecule has 0 heterocycles. The molecule has 2 N–H and O–H groups in total. The summed E-state index contributed by atoms with van der Waals surface area (Å²) in [5, 5.41) is 10.9. The topological polar surface area (TPSA) is 52.6 Å². The third-order valence-electron chi connectivity index (χ3n) is 1.50. The summed E-state index contributed by atoms with van der Waals surface area (Å²) < 4.78 is 0. The van der Waals surface area contributed by atoms with Crippen molar-refractivity contribution in [1.29, 1.82) is 0 Å². The Labute approximate surface area is 80.9 Å². The second kappa shape index (κ2) is 11.4. The predicted molar refractivity (Wildman–Crippen MR) is 54.6 cm³/mol. The van der Waals surface area contributed by atoms with Gasteiger partial charge in [-0.3, -0.25) is 4.79 Å². The Kier molecular flexibility index (Phi) is 13.0. The number of carbonyl (C=O) groups is 1. The van der Waals surface area contributed by atoms with E-state index in [0.29, 0.717) is 6.54 Å². The van der Waals surface area contributed by atoms with Crippen molar-refractivity contribution in [3.05, 3.63) is 0 Å². The van der Waals surface area contributed by atoms with Gasteiger partial charge in [-0.1, -0.05) is 20.8 Å². The average Bonchev–Trinajstić information content (AvgIpc) is 2.20. The molecule has 4 nitrogen and oxygen atoms in total. The highest BCUT2D eigenvalue weighted by Gasteiger charge is 1.97. The van der Waals surface area contributed by atoms with Gasteiger partial charge in [0.2, 0.25) is 5.91 Å². The minimum Gasteiger partial charge on any atom is -0.387 e. The lowest BCUT2D eigenvalue weighted by Gasteiger charge is -2.13. The lowest BCUT2D eigenvalue weighted by atomic mass is 10.5. The monoisotopic (exact) mass is 190 g/mol. The zero-order chi connectivity index (χ0) is 10.7. The summed E-state index contributed by atoms with van der Waals surface area (Å²) in [5.41, 5.74) is 0. The molecule has 0 saturated heterocycles. The van der Waals surface area contributed by atoms with Crippen LogP contribution in [0.4, 0.5) is 0 Å². The normalized spacial score (nSPS) is 9.08. The van der Waals surface area contributed by atoms with E-state index >= 15 is 0 Å². The fourth-order valence-corrected chi connectivity index (χ4v) is 0.600. The highest BCUT2D eigenvalue weighted by atomic mass is 16.3. The average molecular weight is 190 g/mol. The van der Waals surface area contributed by atoms with Crippen LogP contribution in [-0.4, -0.2) is 49.2 Å². The Bertz CT molecular complexity index is 118. The number of carbonyl (C=O) groups excluding carboxylic acids is 1. The van der Waals surface area contributed by atoms with Gasteiger partial charge >= 0.3 is 0 Å². The molecule has 0 unspecified atom stereocenters. The zero-order valence-electron chi connectivity index (χ0n) is 9.13. The van der Waals surface area contributed by atoms with Crippen LogP contribution in [0, 0.1) is 0 Å². The van der Waals surface area contributed by atoms with Crippen LogP contribution >= 0.6 is 0 Å². The maximum absolute atomic E-state index is 10.5. The highest BCUT2D eigenvalue weighted by molar-refractivity contribution is 5.76. The van der Waals surface area contributed by atoms with E-state index < -0.39 is 6.61 Å². The summed E-state index contributed by atoms with van der Waals surface area (Å²) >= 11 is 0. The fraction of sp³-hybridized carbons (Fsp3) is 0.889. The molecule has 4 heteroatoms. The van der Waals surface area contributed by atoms with Crippen LogP contribution in [0.15, 0.2) is 0 Å². The highest BCUT2D eigenvalue weighted by Crippen LogP contribution is 1.77. The lowest BCUT2D eigenvalue weighted by molar-refractivity contribution is -0.123. The van der Waals surface area contributed by atoms with Crippen LogP contribution in [0.1, 0.15) is 20.8 Å². The molecule has 1 amide bonds. The van der Waals surface area contributed by atoms with Gasteiger partial charge < -0.3 is 15.3 Å². The third-order valence-corrected chi connectivity index (χ3v) is 1.50. The first-order valence-electron chi connectivity index (χ1n) is 4.76. The Hall–Kier alpha value is -0.610. The van der Waals surface area contributed by atoms with E-state index in [2.05, 4.69) is 10.2 Å². The summed E-state index contributed by atoms with van der Waals surface area (Å²) in [7, 11) is 1.98. The largest absolute Gasteiger partial charge is 0.387 e. The molecule has 0 saturated carbocycles. The van der Waals surface area contributed by atoms with Crippen molar-refractivity contribution in [2.24, 2.45) is 0 Å².